The van der Waals surface area contributed by atoms with Crippen molar-refractivity contribution >= 4 is 29.3 Å². The molecule has 0 aromatic heterocycles. The van der Waals surface area contributed by atoms with Crippen molar-refractivity contribution in [1.82, 2.24) is 0 Å². The summed E-state index contributed by atoms with van der Waals surface area (Å²) < 4.78 is 0. The van der Waals surface area contributed by atoms with E-state index in [0.717, 1.165) is 16.9 Å². The first-order chi connectivity index (χ1) is 6.59. The molecule has 0 spiro atoms. The second kappa shape index (κ2) is 3.48. The predicted molar refractivity (Wildman–Crippen MR) is 57.4 cm³/mol. The zero-order chi connectivity index (χ0) is 10.3. The van der Waals surface area contributed by atoms with E-state index in [1.165, 1.54) is 0 Å². The van der Waals surface area contributed by atoms with E-state index in [4.69, 9.17) is 16.7 Å². The van der Waals surface area contributed by atoms with E-state index in [0.29, 0.717) is 15.8 Å². The third-order valence-electron chi connectivity index (χ3n) is 2.24. The van der Waals surface area contributed by atoms with Gasteiger partial charge in [-0.05, 0) is 24.1 Å². The van der Waals surface area contributed by atoms with Crippen molar-refractivity contribution in [2.75, 3.05) is 0 Å². The Morgan fingerprint density at radius 2 is 2.36 bits per heavy atom. The van der Waals surface area contributed by atoms with Crippen molar-refractivity contribution in [2.45, 2.75) is 23.5 Å². The Labute approximate surface area is 91.3 Å². The topological polar surface area (TPSA) is 37.3 Å². The van der Waals surface area contributed by atoms with Crippen molar-refractivity contribution in [3.63, 3.8) is 0 Å². The first-order valence-electron chi connectivity index (χ1n) is 4.31. The molecule has 4 heteroatoms. The molecule has 2 nitrogen and oxygen atoms in total. The van der Waals surface area contributed by atoms with Crippen LogP contribution in [-0.4, -0.2) is 16.3 Å². The van der Waals surface area contributed by atoms with E-state index < -0.39 is 5.97 Å². The van der Waals surface area contributed by atoms with Gasteiger partial charge in [0.25, 0.3) is 0 Å². The summed E-state index contributed by atoms with van der Waals surface area (Å²) >= 11 is 7.60. The molecule has 1 atom stereocenters. The lowest BCUT2D eigenvalue weighted by Gasteiger charge is -2.04. The third kappa shape index (κ3) is 1.51. The molecule has 0 saturated heterocycles. The van der Waals surface area contributed by atoms with Crippen molar-refractivity contribution in [3.8, 4) is 0 Å². The van der Waals surface area contributed by atoms with Gasteiger partial charge in [-0.15, -0.1) is 11.8 Å². The van der Waals surface area contributed by atoms with Gasteiger partial charge in [0, 0.05) is 15.2 Å². The number of thioether (sulfide) groups is 1. The van der Waals surface area contributed by atoms with E-state index >= 15 is 0 Å². The van der Waals surface area contributed by atoms with Crippen LogP contribution in [-0.2, 0) is 6.42 Å². The maximum Gasteiger partial charge on any atom is 0.336 e. The Balaban J connectivity index is 2.59. The summed E-state index contributed by atoms with van der Waals surface area (Å²) in [5.41, 5.74) is 1.36. The molecular formula is C10H9ClO2S. The fourth-order valence-corrected chi connectivity index (χ4v) is 3.19. The molecule has 0 bridgehead atoms. The van der Waals surface area contributed by atoms with Crippen molar-refractivity contribution in [1.29, 1.82) is 0 Å². The number of halogens is 1. The van der Waals surface area contributed by atoms with Gasteiger partial charge in [-0.25, -0.2) is 4.79 Å². The van der Waals surface area contributed by atoms with Crippen molar-refractivity contribution in [3.05, 3.63) is 28.3 Å². The van der Waals surface area contributed by atoms with Crippen LogP contribution in [0.1, 0.15) is 22.8 Å². The first-order valence-corrected chi connectivity index (χ1v) is 5.56. The Hall–Kier alpha value is -0.670. The lowest BCUT2D eigenvalue weighted by Crippen LogP contribution is -1.99. The van der Waals surface area contributed by atoms with Gasteiger partial charge >= 0.3 is 5.97 Å². The molecule has 1 aromatic carbocycles. The van der Waals surface area contributed by atoms with Crippen LogP contribution in [0.4, 0.5) is 0 Å². The number of hydrogen-bond donors (Lipinski definition) is 1. The number of rotatable bonds is 1. The van der Waals surface area contributed by atoms with Gasteiger partial charge in [-0.2, -0.15) is 0 Å². The Morgan fingerprint density at radius 3 is 3.00 bits per heavy atom. The molecule has 1 N–H and O–H groups in total. The highest BCUT2D eigenvalue weighted by molar-refractivity contribution is 8.00. The van der Waals surface area contributed by atoms with Crippen molar-refractivity contribution in [2.24, 2.45) is 0 Å². The smallest absolute Gasteiger partial charge is 0.336 e. The number of aromatic carboxylic acids is 1. The highest BCUT2D eigenvalue weighted by Crippen LogP contribution is 2.42. The lowest BCUT2D eigenvalue weighted by molar-refractivity contribution is 0.0693. The van der Waals surface area contributed by atoms with Crippen LogP contribution in [0.2, 0.25) is 5.02 Å². The molecule has 0 saturated carbocycles. The largest absolute Gasteiger partial charge is 0.478 e. The SMILES string of the molecule is CC1Cc2c(Cl)ccc(C(=O)O)c2S1. The highest BCUT2D eigenvalue weighted by atomic mass is 35.5. The number of hydrogen-bond acceptors (Lipinski definition) is 2. The summed E-state index contributed by atoms with van der Waals surface area (Å²) in [5, 5.41) is 10.1. The zero-order valence-electron chi connectivity index (χ0n) is 7.58. The highest BCUT2D eigenvalue weighted by Gasteiger charge is 2.26. The van der Waals surface area contributed by atoms with Gasteiger partial charge in [0.1, 0.15) is 0 Å². The fraction of sp³-hybridized carbons (Fsp3) is 0.300. The van der Waals surface area contributed by atoms with Crippen LogP contribution in [0.25, 0.3) is 0 Å². The van der Waals surface area contributed by atoms with E-state index in [2.05, 4.69) is 6.92 Å². The Morgan fingerprint density at radius 1 is 1.64 bits per heavy atom. The van der Waals surface area contributed by atoms with Gasteiger partial charge in [-0.3, -0.25) is 0 Å². The number of carboxylic acid groups (broad SMARTS) is 1. The maximum absolute atomic E-state index is 10.9. The van der Waals surface area contributed by atoms with Crippen LogP contribution in [0.5, 0.6) is 0 Å². The van der Waals surface area contributed by atoms with E-state index in [1.807, 2.05) is 0 Å². The molecule has 74 valence electrons. The Kier molecular flexibility index (Phi) is 2.45. The van der Waals surface area contributed by atoms with Crippen LogP contribution in [0.3, 0.4) is 0 Å². The molecule has 0 aliphatic carbocycles. The first kappa shape index (κ1) is 9.87. The van der Waals surface area contributed by atoms with Gasteiger partial charge in [0.15, 0.2) is 0 Å². The molecule has 1 aromatic rings. The molecule has 0 fully saturated rings. The van der Waals surface area contributed by atoms with Crippen LogP contribution < -0.4 is 0 Å². The van der Waals surface area contributed by atoms with Crippen LogP contribution in [0, 0.1) is 0 Å². The quantitative estimate of drug-likeness (QED) is 0.803. The number of benzene rings is 1. The molecule has 1 aliphatic heterocycles. The summed E-state index contributed by atoms with van der Waals surface area (Å²) in [6.45, 7) is 2.08. The van der Waals surface area contributed by atoms with Gasteiger partial charge in [0.05, 0.1) is 5.56 Å². The second-order valence-corrected chi connectivity index (χ2v) is 5.20. The van der Waals surface area contributed by atoms with Crippen LogP contribution in [0.15, 0.2) is 17.0 Å². The minimum absolute atomic E-state index is 0.374. The number of carboxylic acids is 1. The van der Waals surface area contributed by atoms with Gasteiger partial charge in [-0.1, -0.05) is 18.5 Å². The molecule has 1 unspecified atom stereocenters. The summed E-state index contributed by atoms with van der Waals surface area (Å²) in [4.78, 5) is 11.8. The number of fused-ring (bicyclic) bond motifs is 1. The van der Waals surface area contributed by atoms with Gasteiger partial charge < -0.3 is 5.11 Å². The average Bonchev–Trinajstić information content (AvgIpc) is 2.47. The normalized spacial score (nSPS) is 19.4. The molecule has 2 rings (SSSR count). The fourth-order valence-electron chi connectivity index (χ4n) is 1.63. The second-order valence-electron chi connectivity index (χ2n) is 3.34. The molecule has 1 heterocycles. The zero-order valence-corrected chi connectivity index (χ0v) is 9.15. The number of carbonyl (C=O) groups is 1. The van der Waals surface area contributed by atoms with Crippen LogP contribution >= 0.6 is 23.4 Å². The van der Waals surface area contributed by atoms with E-state index in [9.17, 15) is 4.79 Å². The lowest BCUT2D eigenvalue weighted by atomic mass is 10.1. The van der Waals surface area contributed by atoms with E-state index in [1.54, 1.807) is 23.9 Å². The monoisotopic (exact) mass is 228 g/mol. The van der Waals surface area contributed by atoms with Crippen molar-refractivity contribution < 1.29 is 9.90 Å². The molecular weight excluding hydrogens is 220 g/mol. The summed E-state index contributed by atoms with van der Waals surface area (Å²) in [7, 11) is 0. The maximum atomic E-state index is 10.9. The molecule has 14 heavy (non-hydrogen) atoms. The summed E-state index contributed by atoms with van der Waals surface area (Å²) in [6.07, 6.45) is 0.861. The minimum atomic E-state index is -0.875. The standard InChI is InChI=1S/C10H9ClO2S/c1-5-4-7-8(11)3-2-6(10(12)13)9(7)14-5/h2-3,5H,4H2,1H3,(H,12,13). The third-order valence-corrected chi connectivity index (χ3v) is 3.87. The summed E-state index contributed by atoms with van der Waals surface area (Å²) in [5.74, 6) is -0.875. The molecule has 0 amide bonds. The average molecular weight is 229 g/mol. The van der Waals surface area contributed by atoms with Gasteiger partial charge in [0.2, 0.25) is 0 Å². The molecule has 1 aliphatic rings. The minimum Gasteiger partial charge on any atom is -0.478 e. The molecule has 0 radical (unpaired) electrons. The predicted octanol–water partition coefficient (Wildman–Crippen LogP) is 3.07. The summed E-state index contributed by atoms with van der Waals surface area (Å²) in [6, 6.07) is 3.25. The Bertz CT molecular complexity index is 403. The van der Waals surface area contributed by atoms with E-state index in [-0.39, 0.29) is 0 Å².